The van der Waals surface area contributed by atoms with Crippen LogP contribution in [0.25, 0.3) is 0 Å². The van der Waals surface area contributed by atoms with Crippen molar-refractivity contribution in [3.63, 3.8) is 0 Å². The molecule has 146 valence electrons. The minimum absolute atomic E-state index is 0.0613. The van der Waals surface area contributed by atoms with Crippen molar-refractivity contribution in [3.8, 4) is 11.5 Å². The van der Waals surface area contributed by atoms with Gasteiger partial charge in [0.15, 0.2) is 0 Å². The smallest absolute Gasteiger partial charge is 0.263 e. The van der Waals surface area contributed by atoms with Crippen molar-refractivity contribution in [2.24, 2.45) is 7.05 Å². The van der Waals surface area contributed by atoms with Crippen LogP contribution < -0.4 is 20.3 Å². The molecule has 0 unspecified atom stereocenters. The van der Waals surface area contributed by atoms with E-state index >= 15 is 0 Å². The molecule has 2 aromatic heterocycles. The molecule has 1 N–H and O–H groups in total. The van der Waals surface area contributed by atoms with Crippen molar-refractivity contribution in [1.29, 1.82) is 0 Å². The number of methoxy groups -OCH3 is 1. The third-order valence-corrected chi connectivity index (χ3v) is 5.01. The van der Waals surface area contributed by atoms with Crippen LogP contribution in [0.1, 0.15) is 21.1 Å². The molecule has 0 fully saturated rings. The van der Waals surface area contributed by atoms with Crippen molar-refractivity contribution in [1.82, 2.24) is 14.8 Å². The van der Waals surface area contributed by atoms with E-state index < -0.39 is 5.91 Å². The van der Waals surface area contributed by atoms with E-state index in [4.69, 9.17) is 9.47 Å². The molecule has 0 spiro atoms. The lowest BCUT2D eigenvalue weighted by molar-refractivity contribution is 0.102. The lowest BCUT2D eigenvalue weighted by Gasteiger charge is -2.06. The second kappa shape index (κ2) is 8.66. The Kier molecular flexibility index (Phi) is 6.05. The van der Waals surface area contributed by atoms with Crippen LogP contribution in [0.15, 0.2) is 41.2 Å². The average Bonchev–Trinajstić information content (AvgIpc) is 3.13. The minimum atomic E-state index is -0.504. The topological polar surface area (TPSA) is 95.3 Å². The monoisotopic (exact) mass is 400 g/mol. The Morgan fingerprint density at radius 1 is 1.21 bits per heavy atom. The first-order valence-electron chi connectivity index (χ1n) is 8.55. The van der Waals surface area contributed by atoms with Crippen LogP contribution in [0.5, 0.6) is 11.5 Å². The van der Waals surface area contributed by atoms with Gasteiger partial charge in [-0.05, 0) is 31.2 Å². The molecule has 1 amide bonds. The lowest BCUT2D eigenvalue weighted by Crippen LogP contribution is -2.28. The number of amides is 1. The molecular formula is C19H20N4O4S. The molecule has 3 rings (SSSR count). The molecule has 9 heteroatoms. The molecule has 0 aliphatic rings. The highest BCUT2D eigenvalue weighted by Crippen LogP contribution is 2.20. The van der Waals surface area contributed by atoms with Gasteiger partial charge in [-0.2, -0.15) is 0 Å². The maximum atomic E-state index is 12.3. The normalized spacial score (nSPS) is 10.5. The fourth-order valence-electron chi connectivity index (χ4n) is 2.42. The second-order valence-corrected chi connectivity index (χ2v) is 7.05. The van der Waals surface area contributed by atoms with E-state index in [9.17, 15) is 9.59 Å². The van der Waals surface area contributed by atoms with Crippen LogP contribution in [0.4, 0.5) is 5.13 Å². The number of hydrogen-bond acceptors (Lipinski definition) is 7. The van der Waals surface area contributed by atoms with E-state index in [1.165, 1.54) is 22.0 Å². The predicted molar refractivity (Wildman–Crippen MR) is 106 cm³/mol. The highest BCUT2D eigenvalue weighted by Gasteiger charge is 2.15. The number of nitrogens with one attached hydrogen (secondary N) is 1. The summed E-state index contributed by atoms with van der Waals surface area (Å²) in [6.07, 6.45) is 0.539. The quantitative estimate of drug-likeness (QED) is 0.654. The van der Waals surface area contributed by atoms with Gasteiger partial charge in [-0.1, -0.05) is 17.4 Å². The number of benzene rings is 1. The number of carbonyl (C=O) groups excluding carboxylic acids is 1. The third kappa shape index (κ3) is 4.55. The number of ether oxygens (including phenoxy) is 2. The maximum absolute atomic E-state index is 12.3. The van der Waals surface area contributed by atoms with Gasteiger partial charge in [-0.3, -0.25) is 14.9 Å². The SMILES string of the molecule is COc1cccc(OCCc2nnc(NC(=O)c3ccc(C)n(C)c3=O)s2)c1. The Hall–Kier alpha value is -3.20. The van der Waals surface area contributed by atoms with E-state index in [0.29, 0.717) is 23.9 Å². The molecule has 0 saturated heterocycles. The summed E-state index contributed by atoms with van der Waals surface area (Å²) in [6.45, 7) is 2.21. The zero-order valence-electron chi connectivity index (χ0n) is 15.8. The van der Waals surface area contributed by atoms with Crippen LogP contribution in [0, 0.1) is 6.92 Å². The largest absolute Gasteiger partial charge is 0.497 e. The Bertz CT molecular complexity index is 1040. The number of carbonyl (C=O) groups is 1. The van der Waals surface area contributed by atoms with Gasteiger partial charge in [-0.25, -0.2) is 0 Å². The van der Waals surface area contributed by atoms with E-state index in [1.807, 2.05) is 18.2 Å². The summed E-state index contributed by atoms with van der Waals surface area (Å²) in [5.74, 6) is 0.921. The summed E-state index contributed by atoms with van der Waals surface area (Å²) in [6, 6.07) is 10.6. The standard InChI is InChI=1S/C19H20N4O4S/c1-12-7-8-15(18(25)23(12)2)17(24)20-19-22-21-16(28-19)9-10-27-14-6-4-5-13(11-14)26-3/h4-8,11H,9-10H2,1-3H3,(H,20,22,24). The molecule has 3 aromatic rings. The third-order valence-electron chi connectivity index (χ3n) is 4.11. The molecule has 28 heavy (non-hydrogen) atoms. The molecule has 0 atom stereocenters. The Morgan fingerprint density at radius 3 is 2.79 bits per heavy atom. The van der Waals surface area contributed by atoms with Crippen molar-refractivity contribution >= 4 is 22.4 Å². The first-order valence-corrected chi connectivity index (χ1v) is 9.37. The molecule has 0 bridgehead atoms. The van der Waals surface area contributed by atoms with Gasteiger partial charge in [0.1, 0.15) is 22.1 Å². The number of aromatic nitrogens is 3. The van der Waals surface area contributed by atoms with Crippen LogP contribution >= 0.6 is 11.3 Å². The summed E-state index contributed by atoms with van der Waals surface area (Å²) in [7, 11) is 3.22. The maximum Gasteiger partial charge on any atom is 0.263 e. The predicted octanol–water partition coefficient (Wildman–Crippen LogP) is 2.43. The van der Waals surface area contributed by atoms with Gasteiger partial charge in [0.25, 0.3) is 11.5 Å². The summed E-state index contributed by atoms with van der Waals surface area (Å²) >= 11 is 1.24. The summed E-state index contributed by atoms with van der Waals surface area (Å²) in [4.78, 5) is 24.5. The van der Waals surface area contributed by atoms with Gasteiger partial charge >= 0.3 is 0 Å². The average molecular weight is 400 g/mol. The number of rotatable bonds is 7. The summed E-state index contributed by atoms with van der Waals surface area (Å²) in [5.41, 5.74) is 0.482. The van der Waals surface area contributed by atoms with Gasteiger partial charge in [-0.15, -0.1) is 10.2 Å². The van der Waals surface area contributed by atoms with Gasteiger partial charge < -0.3 is 14.0 Å². The number of pyridine rings is 1. The molecule has 0 saturated carbocycles. The number of nitrogens with zero attached hydrogens (tertiary/aromatic N) is 3. The second-order valence-electron chi connectivity index (χ2n) is 5.99. The van der Waals surface area contributed by atoms with Crippen LogP contribution in [0.3, 0.4) is 0 Å². The Labute approximate surface area is 165 Å². The van der Waals surface area contributed by atoms with Crippen LogP contribution in [0.2, 0.25) is 0 Å². The first kappa shape index (κ1) is 19.6. The van der Waals surface area contributed by atoms with Crippen LogP contribution in [-0.2, 0) is 13.5 Å². The molecule has 2 heterocycles. The molecular weight excluding hydrogens is 380 g/mol. The van der Waals surface area contributed by atoms with Gasteiger partial charge in [0, 0.05) is 25.2 Å². The van der Waals surface area contributed by atoms with Crippen molar-refractivity contribution < 1.29 is 14.3 Å². The molecule has 0 aliphatic carbocycles. The van der Waals surface area contributed by atoms with Gasteiger partial charge in [0.2, 0.25) is 5.13 Å². The zero-order valence-corrected chi connectivity index (χ0v) is 16.6. The highest BCUT2D eigenvalue weighted by molar-refractivity contribution is 7.15. The first-order chi connectivity index (χ1) is 13.5. The Balaban J connectivity index is 1.57. The van der Waals surface area contributed by atoms with Crippen molar-refractivity contribution in [2.45, 2.75) is 13.3 Å². The number of hydrogen-bond donors (Lipinski definition) is 1. The zero-order chi connectivity index (χ0) is 20.1. The summed E-state index contributed by atoms with van der Waals surface area (Å²) in [5, 5.41) is 11.7. The minimum Gasteiger partial charge on any atom is -0.497 e. The molecule has 1 aromatic carbocycles. The highest BCUT2D eigenvalue weighted by atomic mass is 32.1. The Morgan fingerprint density at radius 2 is 2.00 bits per heavy atom. The van der Waals surface area contributed by atoms with Crippen molar-refractivity contribution in [2.75, 3.05) is 19.0 Å². The van der Waals surface area contributed by atoms with Gasteiger partial charge in [0.05, 0.1) is 13.7 Å². The number of aryl methyl sites for hydroxylation is 1. The summed E-state index contributed by atoms with van der Waals surface area (Å²) < 4.78 is 12.3. The van der Waals surface area contributed by atoms with Crippen molar-refractivity contribution in [3.05, 3.63) is 63.0 Å². The molecule has 8 nitrogen and oxygen atoms in total. The van der Waals surface area contributed by atoms with Crippen LogP contribution in [-0.4, -0.2) is 34.4 Å². The van der Waals surface area contributed by atoms with E-state index in [0.717, 1.165) is 16.5 Å². The van der Waals surface area contributed by atoms with E-state index in [-0.39, 0.29) is 11.1 Å². The fourth-order valence-corrected chi connectivity index (χ4v) is 3.13. The fraction of sp³-hybridized carbons (Fsp3) is 0.263. The van der Waals surface area contributed by atoms with E-state index in [1.54, 1.807) is 33.2 Å². The molecule has 0 radical (unpaired) electrons. The number of anilines is 1. The molecule has 0 aliphatic heterocycles. The van der Waals surface area contributed by atoms with E-state index in [2.05, 4.69) is 15.5 Å². The lowest BCUT2D eigenvalue weighted by atomic mass is 10.2.